The molecular formula is C22H21N5. The van der Waals surface area contributed by atoms with E-state index in [1.54, 1.807) is 0 Å². The second-order valence-corrected chi connectivity index (χ2v) is 7.08. The Balaban J connectivity index is 1.38. The molecule has 2 aromatic carbocycles. The number of hydrogen-bond acceptors (Lipinski definition) is 4. The fourth-order valence-corrected chi connectivity index (χ4v) is 3.85. The van der Waals surface area contributed by atoms with Crippen LogP contribution in [0.4, 0.5) is 0 Å². The van der Waals surface area contributed by atoms with Gasteiger partial charge in [0.2, 0.25) is 0 Å². The molecule has 1 aliphatic rings. The number of aromatic nitrogens is 4. The molecule has 134 valence electrons. The van der Waals surface area contributed by atoms with Crippen LogP contribution >= 0.6 is 0 Å². The molecule has 5 heteroatoms. The van der Waals surface area contributed by atoms with Crippen molar-refractivity contribution in [3.8, 4) is 11.4 Å². The highest BCUT2D eigenvalue weighted by Crippen LogP contribution is 2.24. The van der Waals surface area contributed by atoms with Crippen LogP contribution in [0.1, 0.15) is 17.0 Å². The molecule has 0 amide bonds. The molecule has 0 saturated carbocycles. The molecule has 5 rings (SSSR count). The summed E-state index contributed by atoms with van der Waals surface area (Å²) in [6.45, 7) is 2.71. The van der Waals surface area contributed by atoms with Gasteiger partial charge in [-0.1, -0.05) is 48.5 Å². The molecule has 0 fully saturated rings. The quantitative estimate of drug-likeness (QED) is 0.563. The SMILES string of the molecule is Cn1nc(CN2CCc3nc(-c4ccccc4)ncc3C2)c2ccccc21. The average molecular weight is 355 g/mol. The van der Waals surface area contributed by atoms with Gasteiger partial charge in [-0.05, 0) is 6.07 Å². The van der Waals surface area contributed by atoms with E-state index in [2.05, 4.69) is 46.3 Å². The van der Waals surface area contributed by atoms with Crippen LogP contribution in [0.15, 0.2) is 60.8 Å². The highest BCUT2D eigenvalue weighted by Gasteiger charge is 2.20. The average Bonchev–Trinajstić information content (AvgIpc) is 3.04. The molecule has 0 atom stereocenters. The Kier molecular flexibility index (Phi) is 3.94. The number of benzene rings is 2. The molecule has 4 aromatic rings. The lowest BCUT2D eigenvalue weighted by Gasteiger charge is -2.27. The van der Waals surface area contributed by atoms with Crippen LogP contribution in [0.5, 0.6) is 0 Å². The molecule has 2 aromatic heterocycles. The third kappa shape index (κ3) is 3.00. The van der Waals surface area contributed by atoms with Crippen molar-refractivity contribution in [3.63, 3.8) is 0 Å². The van der Waals surface area contributed by atoms with Crippen molar-refractivity contribution < 1.29 is 0 Å². The van der Waals surface area contributed by atoms with Crippen LogP contribution in [0, 0.1) is 0 Å². The minimum Gasteiger partial charge on any atom is -0.293 e. The predicted molar refractivity (Wildman–Crippen MR) is 106 cm³/mol. The maximum Gasteiger partial charge on any atom is 0.159 e. The maximum atomic E-state index is 4.82. The molecule has 3 heterocycles. The van der Waals surface area contributed by atoms with E-state index in [1.165, 1.54) is 22.2 Å². The Morgan fingerprint density at radius 3 is 2.70 bits per heavy atom. The molecular weight excluding hydrogens is 334 g/mol. The summed E-state index contributed by atoms with van der Waals surface area (Å²) >= 11 is 0. The summed E-state index contributed by atoms with van der Waals surface area (Å²) in [4.78, 5) is 11.9. The van der Waals surface area contributed by atoms with Crippen LogP contribution in [-0.4, -0.2) is 31.2 Å². The zero-order valence-electron chi connectivity index (χ0n) is 15.3. The summed E-state index contributed by atoms with van der Waals surface area (Å²) < 4.78 is 1.97. The molecule has 1 aliphatic heterocycles. The second-order valence-electron chi connectivity index (χ2n) is 7.08. The molecule has 27 heavy (non-hydrogen) atoms. The molecule has 5 nitrogen and oxygen atoms in total. The van der Waals surface area contributed by atoms with E-state index in [1.807, 2.05) is 36.1 Å². The van der Waals surface area contributed by atoms with E-state index in [-0.39, 0.29) is 0 Å². The van der Waals surface area contributed by atoms with Crippen molar-refractivity contribution in [2.75, 3.05) is 6.54 Å². The summed E-state index contributed by atoms with van der Waals surface area (Å²) in [5.41, 5.74) is 5.79. The summed E-state index contributed by atoms with van der Waals surface area (Å²) in [6.07, 6.45) is 2.94. The number of aryl methyl sites for hydroxylation is 1. The van der Waals surface area contributed by atoms with Crippen LogP contribution in [0.2, 0.25) is 0 Å². The molecule has 0 unspecified atom stereocenters. The summed E-state index contributed by atoms with van der Waals surface area (Å²) in [7, 11) is 2.01. The van der Waals surface area contributed by atoms with Crippen LogP contribution in [-0.2, 0) is 26.6 Å². The molecule has 0 N–H and O–H groups in total. The Hall–Kier alpha value is -3.05. The van der Waals surface area contributed by atoms with Gasteiger partial charge in [0.15, 0.2) is 5.82 Å². The lowest BCUT2D eigenvalue weighted by molar-refractivity contribution is 0.240. The van der Waals surface area contributed by atoms with Crippen molar-refractivity contribution >= 4 is 10.9 Å². The number of rotatable bonds is 3. The number of para-hydroxylation sites is 1. The van der Waals surface area contributed by atoms with Crippen molar-refractivity contribution in [2.24, 2.45) is 7.05 Å². The molecule has 0 bridgehead atoms. The van der Waals surface area contributed by atoms with E-state index in [4.69, 9.17) is 10.1 Å². The Morgan fingerprint density at radius 1 is 1.00 bits per heavy atom. The van der Waals surface area contributed by atoms with E-state index in [0.717, 1.165) is 43.1 Å². The van der Waals surface area contributed by atoms with Crippen molar-refractivity contribution in [2.45, 2.75) is 19.5 Å². The third-order valence-electron chi connectivity index (χ3n) is 5.25. The molecule has 0 spiro atoms. The smallest absolute Gasteiger partial charge is 0.159 e. The first kappa shape index (κ1) is 16.1. The monoisotopic (exact) mass is 355 g/mol. The van der Waals surface area contributed by atoms with Crippen LogP contribution in [0.25, 0.3) is 22.3 Å². The first-order valence-electron chi connectivity index (χ1n) is 9.31. The summed E-state index contributed by atoms with van der Waals surface area (Å²) in [6, 6.07) is 18.6. The van der Waals surface area contributed by atoms with E-state index in [9.17, 15) is 0 Å². The van der Waals surface area contributed by atoms with Gasteiger partial charge in [0.1, 0.15) is 0 Å². The van der Waals surface area contributed by atoms with Crippen molar-refractivity contribution in [3.05, 3.63) is 77.7 Å². The zero-order valence-corrected chi connectivity index (χ0v) is 15.3. The first-order chi connectivity index (χ1) is 13.3. The maximum absolute atomic E-state index is 4.82. The van der Waals surface area contributed by atoms with E-state index < -0.39 is 0 Å². The molecule has 0 radical (unpaired) electrons. The molecule has 0 saturated heterocycles. The largest absolute Gasteiger partial charge is 0.293 e. The van der Waals surface area contributed by atoms with Gasteiger partial charge in [0, 0.05) is 55.8 Å². The highest BCUT2D eigenvalue weighted by atomic mass is 15.3. The Labute approximate surface area is 158 Å². The van der Waals surface area contributed by atoms with E-state index in [0.29, 0.717) is 0 Å². The van der Waals surface area contributed by atoms with Gasteiger partial charge in [0.05, 0.1) is 16.9 Å². The van der Waals surface area contributed by atoms with Crippen LogP contribution < -0.4 is 0 Å². The second kappa shape index (κ2) is 6.59. The van der Waals surface area contributed by atoms with Crippen LogP contribution in [0.3, 0.4) is 0 Å². The lowest BCUT2D eigenvalue weighted by atomic mass is 10.1. The van der Waals surface area contributed by atoms with E-state index >= 15 is 0 Å². The number of fused-ring (bicyclic) bond motifs is 2. The lowest BCUT2D eigenvalue weighted by Crippen LogP contribution is -2.31. The first-order valence-corrected chi connectivity index (χ1v) is 9.31. The van der Waals surface area contributed by atoms with Gasteiger partial charge >= 0.3 is 0 Å². The normalized spacial score (nSPS) is 14.4. The van der Waals surface area contributed by atoms with Gasteiger partial charge in [-0.2, -0.15) is 5.10 Å². The topological polar surface area (TPSA) is 46.8 Å². The fraction of sp³-hybridized carbons (Fsp3) is 0.227. The van der Waals surface area contributed by atoms with Gasteiger partial charge in [-0.15, -0.1) is 0 Å². The number of nitrogens with zero attached hydrogens (tertiary/aromatic N) is 5. The summed E-state index contributed by atoms with van der Waals surface area (Å²) in [5.74, 6) is 0.818. The third-order valence-corrected chi connectivity index (χ3v) is 5.25. The minimum atomic E-state index is 0.818. The molecule has 0 aliphatic carbocycles. The van der Waals surface area contributed by atoms with Gasteiger partial charge < -0.3 is 0 Å². The zero-order chi connectivity index (χ0) is 18.2. The Morgan fingerprint density at radius 2 is 1.81 bits per heavy atom. The van der Waals surface area contributed by atoms with Gasteiger partial charge in [-0.3, -0.25) is 9.58 Å². The standard InChI is InChI=1S/C22H21N5/c1-26-21-10-6-5-9-18(21)20(25-26)15-27-12-11-19-17(14-27)13-23-22(24-19)16-7-3-2-4-8-16/h2-10,13H,11-12,14-15H2,1H3. The van der Waals surface area contributed by atoms with Crippen molar-refractivity contribution in [1.29, 1.82) is 0 Å². The predicted octanol–water partition coefficient (Wildman–Crippen LogP) is 3.59. The Bertz CT molecular complexity index is 1100. The summed E-state index contributed by atoms with van der Waals surface area (Å²) in [5, 5.41) is 5.97. The fourth-order valence-electron chi connectivity index (χ4n) is 3.85. The van der Waals surface area contributed by atoms with Gasteiger partial charge in [0.25, 0.3) is 0 Å². The van der Waals surface area contributed by atoms with Crippen molar-refractivity contribution in [1.82, 2.24) is 24.6 Å². The number of hydrogen-bond donors (Lipinski definition) is 0. The minimum absolute atomic E-state index is 0.818. The highest BCUT2D eigenvalue weighted by molar-refractivity contribution is 5.81. The van der Waals surface area contributed by atoms with Gasteiger partial charge in [-0.25, -0.2) is 9.97 Å².